The molecule has 2 rings (SSSR count). The number of halogens is 3. The summed E-state index contributed by atoms with van der Waals surface area (Å²) in [4.78, 5) is 3.97. The molecule has 0 saturated heterocycles. The minimum atomic E-state index is 0.285. The van der Waals surface area contributed by atoms with Crippen LogP contribution < -0.4 is 0 Å². The summed E-state index contributed by atoms with van der Waals surface area (Å²) >= 11 is 18.0. The van der Waals surface area contributed by atoms with E-state index in [-0.39, 0.29) is 5.69 Å². The molecular formula is C12H5Cl3N2. The molecule has 2 aromatic rings. The molecule has 1 heterocycles. The molecule has 5 heteroatoms. The molecule has 0 radical (unpaired) electrons. The van der Waals surface area contributed by atoms with Crippen LogP contribution in [0.1, 0.15) is 5.69 Å². The predicted octanol–water partition coefficient (Wildman–Crippen LogP) is 4.58. The molecule has 0 saturated carbocycles. The normalized spacial score (nSPS) is 10.0. The molecule has 0 spiro atoms. The van der Waals surface area contributed by atoms with Gasteiger partial charge < -0.3 is 0 Å². The topological polar surface area (TPSA) is 36.7 Å². The highest BCUT2D eigenvalue weighted by atomic mass is 35.5. The van der Waals surface area contributed by atoms with E-state index in [9.17, 15) is 0 Å². The maximum atomic E-state index is 8.99. The lowest BCUT2D eigenvalue weighted by Gasteiger charge is -2.08. The van der Waals surface area contributed by atoms with Gasteiger partial charge in [0.25, 0.3) is 0 Å². The van der Waals surface area contributed by atoms with Gasteiger partial charge in [-0.25, -0.2) is 4.98 Å². The van der Waals surface area contributed by atoms with Gasteiger partial charge in [-0.3, -0.25) is 0 Å². The molecule has 1 aromatic heterocycles. The summed E-state index contributed by atoms with van der Waals surface area (Å²) in [6.45, 7) is 0. The molecule has 17 heavy (non-hydrogen) atoms. The quantitative estimate of drug-likeness (QED) is 0.718. The van der Waals surface area contributed by atoms with Crippen molar-refractivity contribution in [2.45, 2.75) is 0 Å². The second-order valence-electron chi connectivity index (χ2n) is 3.26. The standard InChI is InChI=1S/C12H5Cl3N2/c13-7-4-9(12(15)10(14)5-7)8-2-1-3-17-11(8)6-16/h1-5H. The van der Waals surface area contributed by atoms with Crippen molar-refractivity contribution in [3.63, 3.8) is 0 Å². The number of hydrogen-bond acceptors (Lipinski definition) is 2. The molecule has 0 bridgehead atoms. The van der Waals surface area contributed by atoms with Gasteiger partial charge in [0.2, 0.25) is 0 Å². The maximum absolute atomic E-state index is 8.99. The van der Waals surface area contributed by atoms with E-state index in [1.165, 1.54) is 0 Å². The third kappa shape index (κ3) is 2.37. The summed E-state index contributed by atoms with van der Waals surface area (Å²) < 4.78 is 0. The number of rotatable bonds is 1. The van der Waals surface area contributed by atoms with E-state index in [4.69, 9.17) is 40.1 Å². The van der Waals surface area contributed by atoms with Crippen LogP contribution >= 0.6 is 34.8 Å². The van der Waals surface area contributed by atoms with Crippen LogP contribution in [0.15, 0.2) is 30.5 Å². The van der Waals surface area contributed by atoms with E-state index in [1.807, 2.05) is 6.07 Å². The Balaban J connectivity index is 2.73. The molecule has 0 atom stereocenters. The zero-order valence-electron chi connectivity index (χ0n) is 8.42. The zero-order valence-corrected chi connectivity index (χ0v) is 10.7. The fourth-order valence-corrected chi connectivity index (χ4v) is 2.17. The number of aromatic nitrogens is 1. The Morgan fingerprint density at radius 2 is 1.88 bits per heavy atom. The second-order valence-corrected chi connectivity index (χ2v) is 4.48. The van der Waals surface area contributed by atoms with Crippen LogP contribution in [-0.4, -0.2) is 4.98 Å². The van der Waals surface area contributed by atoms with E-state index in [0.717, 1.165) is 0 Å². The summed E-state index contributed by atoms with van der Waals surface area (Å²) in [5, 5.41) is 10.2. The van der Waals surface area contributed by atoms with E-state index in [0.29, 0.717) is 26.2 Å². The minimum Gasteiger partial charge on any atom is -0.245 e. The lowest BCUT2D eigenvalue weighted by atomic mass is 10.0. The fourth-order valence-electron chi connectivity index (χ4n) is 1.46. The number of hydrogen-bond donors (Lipinski definition) is 0. The first-order chi connectivity index (χ1) is 8.13. The molecule has 0 aliphatic carbocycles. The largest absolute Gasteiger partial charge is 0.245 e. The first-order valence-corrected chi connectivity index (χ1v) is 5.77. The van der Waals surface area contributed by atoms with Crippen LogP contribution in [0.4, 0.5) is 0 Å². The third-order valence-corrected chi connectivity index (χ3v) is 3.22. The lowest BCUT2D eigenvalue weighted by molar-refractivity contribution is 1.26. The first kappa shape index (κ1) is 12.2. The van der Waals surface area contributed by atoms with Crippen LogP contribution in [0.25, 0.3) is 11.1 Å². The van der Waals surface area contributed by atoms with Crippen LogP contribution in [0.5, 0.6) is 0 Å². The van der Waals surface area contributed by atoms with Gasteiger partial charge in [0.05, 0.1) is 10.0 Å². The van der Waals surface area contributed by atoms with E-state index < -0.39 is 0 Å². The number of nitrogens with zero attached hydrogens (tertiary/aromatic N) is 2. The zero-order chi connectivity index (χ0) is 12.4. The average Bonchev–Trinajstić information content (AvgIpc) is 2.33. The van der Waals surface area contributed by atoms with Gasteiger partial charge >= 0.3 is 0 Å². The molecular weight excluding hydrogens is 279 g/mol. The molecule has 0 amide bonds. The smallest absolute Gasteiger partial charge is 0.148 e. The molecule has 0 unspecified atom stereocenters. The highest BCUT2D eigenvalue weighted by Gasteiger charge is 2.12. The van der Waals surface area contributed by atoms with Gasteiger partial charge in [0.1, 0.15) is 11.8 Å². The molecule has 0 N–H and O–H groups in total. The predicted molar refractivity (Wildman–Crippen MR) is 69.4 cm³/mol. The van der Waals surface area contributed by atoms with Crippen molar-refractivity contribution in [2.24, 2.45) is 0 Å². The van der Waals surface area contributed by atoms with Crippen molar-refractivity contribution in [2.75, 3.05) is 0 Å². The van der Waals surface area contributed by atoms with Crippen LogP contribution in [0, 0.1) is 11.3 Å². The van der Waals surface area contributed by atoms with E-state index in [2.05, 4.69) is 4.98 Å². The van der Waals surface area contributed by atoms with Crippen LogP contribution in [0.3, 0.4) is 0 Å². The Hall–Kier alpha value is -1.27. The molecule has 0 aliphatic rings. The fraction of sp³-hybridized carbons (Fsp3) is 0. The van der Waals surface area contributed by atoms with Gasteiger partial charge in [0, 0.05) is 22.3 Å². The summed E-state index contributed by atoms with van der Waals surface area (Å²) in [6.07, 6.45) is 1.54. The lowest BCUT2D eigenvalue weighted by Crippen LogP contribution is -1.89. The van der Waals surface area contributed by atoms with E-state index in [1.54, 1.807) is 30.5 Å². The van der Waals surface area contributed by atoms with Gasteiger partial charge in [0.15, 0.2) is 0 Å². The second kappa shape index (κ2) is 4.93. The van der Waals surface area contributed by atoms with Crippen molar-refractivity contribution < 1.29 is 0 Å². The summed E-state index contributed by atoms with van der Waals surface area (Å²) in [6, 6.07) is 8.69. The Morgan fingerprint density at radius 3 is 2.59 bits per heavy atom. The summed E-state index contributed by atoms with van der Waals surface area (Å²) in [5.41, 5.74) is 1.51. The van der Waals surface area contributed by atoms with Crippen molar-refractivity contribution in [3.8, 4) is 17.2 Å². The van der Waals surface area contributed by atoms with Crippen LogP contribution in [0.2, 0.25) is 15.1 Å². The summed E-state index contributed by atoms with van der Waals surface area (Å²) in [5.74, 6) is 0. The van der Waals surface area contributed by atoms with Gasteiger partial charge in [-0.2, -0.15) is 5.26 Å². The summed E-state index contributed by atoms with van der Waals surface area (Å²) in [7, 11) is 0. The highest BCUT2D eigenvalue weighted by Crippen LogP contribution is 2.37. The van der Waals surface area contributed by atoms with E-state index >= 15 is 0 Å². The number of nitriles is 1. The average molecular weight is 284 g/mol. The van der Waals surface area contributed by atoms with Crippen molar-refractivity contribution in [3.05, 3.63) is 51.2 Å². The first-order valence-electron chi connectivity index (χ1n) is 4.63. The van der Waals surface area contributed by atoms with Gasteiger partial charge in [-0.15, -0.1) is 0 Å². The molecule has 84 valence electrons. The van der Waals surface area contributed by atoms with Crippen molar-refractivity contribution in [1.82, 2.24) is 4.98 Å². The monoisotopic (exact) mass is 282 g/mol. The maximum Gasteiger partial charge on any atom is 0.148 e. The Kier molecular flexibility index (Phi) is 3.54. The van der Waals surface area contributed by atoms with Crippen molar-refractivity contribution in [1.29, 1.82) is 5.26 Å². The molecule has 2 nitrogen and oxygen atoms in total. The van der Waals surface area contributed by atoms with Crippen molar-refractivity contribution >= 4 is 34.8 Å². The molecule has 0 fully saturated rings. The Morgan fingerprint density at radius 1 is 1.12 bits per heavy atom. The van der Waals surface area contributed by atoms with Gasteiger partial charge in [-0.05, 0) is 24.3 Å². The minimum absolute atomic E-state index is 0.285. The Labute approximate surface area is 113 Å². The third-order valence-electron chi connectivity index (χ3n) is 2.20. The Bertz CT molecular complexity index is 618. The number of pyridine rings is 1. The SMILES string of the molecule is N#Cc1ncccc1-c1cc(Cl)cc(Cl)c1Cl. The molecule has 0 aliphatic heterocycles. The number of benzene rings is 1. The molecule has 1 aromatic carbocycles. The highest BCUT2D eigenvalue weighted by molar-refractivity contribution is 6.45. The van der Waals surface area contributed by atoms with Crippen LogP contribution in [-0.2, 0) is 0 Å². The van der Waals surface area contributed by atoms with Gasteiger partial charge in [-0.1, -0.05) is 34.8 Å².